The fourth-order valence-corrected chi connectivity index (χ4v) is 6.29. The molecule has 188 valence electrons. The minimum absolute atomic E-state index is 0.0653. The number of halogens is 1. The minimum Gasteiger partial charge on any atom is -0.457 e. The maximum Gasteiger partial charge on any atom is 0.321 e. The van der Waals surface area contributed by atoms with Crippen LogP contribution in [-0.4, -0.2) is 47.6 Å². The largest absolute Gasteiger partial charge is 0.457 e. The Hall–Kier alpha value is -2.40. The number of ether oxygens (including phenoxy) is 1. The summed E-state index contributed by atoms with van der Waals surface area (Å²) in [6.07, 6.45) is 7.50. The number of ketones is 1. The molecule has 2 fully saturated rings. The van der Waals surface area contributed by atoms with Gasteiger partial charge in [-0.2, -0.15) is 0 Å². The van der Waals surface area contributed by atoms with Gasteiger partial charge in [-0.05, 0) is 62.2 Å². The Morgan fingerprint density at radius 1 is 1.17 bits per heavy atom. The quantitative estimate of drug-likeness (QED) is 0.404. The molecule has 1 saturated heterocycles. The molecule has 0 spiro atoms. The molecule has 4 rings (SSSR count). The van der Waals surface area contributed by atoms with Gasteiger partial charge in [0.15, 0.2) is 5.78 Å². The average Bonchev–Trinajstić information content (AvgIpc) is 2.87. The number of alkyl halides is 1. The van der Waals surface area contributed by atoms with Crippen LogP contribution in [0.1, 0.15) is 52.0 Å². The number of allylic oxidation sites excluding steroid dienone is 3. The van der Waals surface area contributed by atoms with Gasteiger partial charge in [-0.25, -0.2) is 0 Å². The van der Waals surface area contributed by atoms with Crippen molar-refractivity contribution in [2.45, 2.75) is 59.0 Å². The standard InChI is InChI=1S/C29H36ClNO4/c1-19(28(34)31-15-11-22(12-16-31)17-21-7-5-4-6-8-21)23-9-13-29(3)14-10-24(32)20(2)26(29)27(23)35-25(33)18-30/h4-8,10,14,19,22-23,27H,9,11-13,15-18H2,1-3H3/t19-,23-,27-,29-/m0/s1. The van der Waals surface area contributed by atoms with E-state index in [1.165, 1.54) is 5.56 Å². The van der Waals surface area contributed by atoms with Crippen LogP contribution in [-0.2, 0) is 25.5 Å². The number of nitrogens with zero attached hydrogens (tertiary/aromatic N) is 1. The van der Waals surface area contributed by atoms with Crippen LogP contribution in [0.3, 0.4) is 0 Å². The predicted octanol–water partition coefficient (Wildman–Crippen LogP) is 5.13. The normalized spacial score (nSPS) is 28.0. The highest BCUT2D eigenvalue weighted by molar-refractivity contribution is 6.26. The van der Waals surface area contributed by atoms with Gasteiger partial charge in [-0.3, -0.25) is 14.4 Å². The average molecular weight is 498 g/mol. The number of amides is 1. The van der Waals surface area contributed by atoms with Crippen molar-refractivity contribution in [3.8, 4) is 0 Å². The number of fused-ring (bicyclic) bond motifs is 1. The van der Waals surface area contributed by atoms with E-state index in [2.05, 4.69) is 31.2 Å². The lowest BCUT2D eigenvalue weighted by molar-refractivity contribution is -0.154. The first-order valence-corrected chi connectivity index (χ1v) is 13.3. The van der Waals surface area contributed by atoms with Crippen LogP contribution < -0.4 is 0 Å². The molecule has 2 aliphatic carbocycles. The summed E-state index contributed by atoms with van der Waals surface area (Å²) in [6.45, 7) is 7.33. The Morgan fingerprint density at radius 3 is 2.51 bits per heavy atom. The maximum absolute atomic E-state index is 13.6. The van der Waals surface area contributed by atoms with Crippen LogP contribution in [0.15, 0.2) is 53.6 Å². The highest BCUT2D eigenvalue weighted by Gasteiger charge is 2.49. The number of esters is 1. The summed E-state index contributed by atoms with van der Waals surface area (Å²) >= 11 is 5.78. The van der Waals surface area contributed by atoms with Crippen molar-refractivity contribution in [2.75, 3.05) is 19.0 Å². The van der Waals surface area contributed by atoms with E-state index in [1.54, 1.807) is 13.0 Å². The van der Waals surface area contributed by atoms with E-state index >= 15 is 0 Å². The molecular weight excluding hydrogens is 462 g/mol. The van der Waals surface area contributed by atoms with E-state index in [9.17, 15) is 14.4 Å². The van der Waals surface area contributed by atoms with Gasteiger partial charge in [0.1, 0.15) is 12.0 Å². The molecule has 1 aliphatic heterocycles. The zero-order valence-corrected chi connectivity index (χ0v) is 21.7. The maximum atomic E-state index is 13.6. The van der Waals surface area contributed by atoms with Crippen molar-refractivity contribution in [1.29, 1.82) is 0 Å². The number of benzene rings is 1. The number of rotatable bonds is 6. The Kier molecular flexibility index (Phi) is 7.85. The smallest absolute Gasteiger partial charge is 0.321 e. The van der Waals surface area contributed by atoms with Crippen LogP contribution in [0, 0.1) is 23.2 Å². The highest BCUT2D eigenvalue weighted by atomic mass is 35.5. The van der Waals surface area contributed by atoms with Gasteiger partial charge in [0.2, 0.25) is 5.91 Å². The van der Waals surface area contributed by atoms with Crippen LogP contribution in [0.4, 0.5) is 0 Å². The monoisotopic (exact) mass is 497 g/mol. The molecule has 1 saturated carbocycles. The topological polar surface area (TPSA) is 63.7 Å². The molecule has 0 bridgehead atoms. The molecule has 1 amide bonds. The van der Waals surface area contributed by atoms with Crippen molar-refractivity contribution in [2.24, 2.45) is 23.2 Å². The van der Waals surface area contributed by atoms with Crippen molar-refractivity contribution < 1.29 is 19.1 Å². The van der Waals surface area contributed by atoms with E-state index in [0.29, 0.717) is 11.5 Å². The Morgan fingerprint density at radius 2 is 1.86 bits per heavy atom. The number of hydrogen-bond donors (Lipinski definition) is 0. The summed E-state index contributed by atoms with van der Waals surface area (Å²) in [5, 5.41) is 0. The summed E-state index contributed by atoms with van der Waals surface area (Å²) in [6, 6.07) is 10.5. The van der Waals surface area contributed by atoms with Crippen molar-refractivity contribution >= 4 is 29.3 Å². The van der Waals surface area contributed by atoms with Gasteiger partial charge in [0.05, 0.1) is 0 Å². The second-order valence-electron chi connectivity index (χ2n) is 10.6. The number of carbonyl (C=O) groups is 3. The van der Waals surface area contributed by atoms with Gasteiger partial charge in [0.25, 0.3) is 0 Å². The Bertz CT molecular complexity index is 1020. The molecule has 4 atom stereocenters. The summed E-state index contributed by atoms with van der Waals surface area (Å²) < 4.78 is 5.86. The Balaban J connectivity index is 1.48. The van der Waals surface area contributed by atoms with E-state index in [4.69, 9.17) is 16.3 Å². The van der Waals surface area contributed by atoms with Gasteiger partial charge in [0, 0.05) is 35.9 Å². The first-order valence-electron chi connectivity index (χ1n) is 12.8. The molecule has 0 aromatic heterocycles. The number of hydrogen-bond acceptors (Lipinski definition) is 4. The zero-order chi connectivity index (χ0) is 25.2. The summed E-state index contributed by atoms with van der Waals surface area (Å²) in [4.78, 5) is 40.4. The predicted molar refractivity (Wildman–Crippen MR) is 137 cm³/mol. The van der Waals surface area contributed by atoms with Gasteiger partial charge >= 0.3 is 5.97 Å². The first kappa shape index (κ1) is 25.7. The van der Waals surface area contributed by atoms with Crippen LogP contribution >= 0.6 is 11.6 Å². The third kappa shape index (κ3) is 5.40. The van der Waals surface area contributed by atoms with Crippen LogP contribution in [0.25, 0.3) is 0 Å². The molecular formula is C29H36ClNO4. The van der Waals surface area contributed by atoms with E-state index in [-0.39, 0.29) is 34.8 Å². The molecule has 5 nitrogen and oxygen atoms in total. The second kappa shape index (κ2) is 10.7. The van der Waals surface area contributed by atoms with Crippen molar-refractivity contribution in [3.63, 3.8) is 0 Å². The van der Waals surface area contributed by atoms with E-state index < -0.39 is 12.1 Å². The first-order chi connectivity index (χ1) is 16.7. The number of carbonyl (C=O) groups excluding carboxylic acids is 3. The fourth-order valence-electron chi connectivity index (χ4n) is 6.23. The van der Waals surface area contributed by atoms with Gasteiger partial charge in [-0.15, -0.1) is 11.6 Å². The second-order valence-corrected chi connectivity index (χ2v) is 10.9. The summed E-state index contributed by atoms with van der Waals surface area (Å²) in [5.74, 6) is -0.655. The van der Waals surface area contributed by atoms with Crippen LogP contribution in [0.5, 0.6) is 0 Å². The third-order valence-electron chi connectivity index (χ3n) is 8.35. The summed E-state index contributed by atoms with van der Waals surface area (Å²) in [5.41, 5.74) is 2.44. The summed E-state index contributed by atoms with van der Waals surface area (Å²) in [7, 11) is 0. The lowest BCUT2D eigenvalue weighted by Crippen LogP contribution is -2.50. The molecule has 0 radical (unpaired) electrons. The SMILES string of the molecule is CC1=C2[C@@H](OC(=O)CCl)[C@H]([C@H](C)C(=O)N3CCC(Cc4ccccc4)CC3)CC[C@@]2(C)C=CC1=O. The number of piperidine rings is 1. The molecule has 0 N–H and O–H groups in total. The minimum atomic E-state index is -0.622. The molecule has 1 aromatic rings. The van der Waals surface area contributed by atoms with Crippen molar-refractivity contribution in [1.82, 2.24) is 4.90 Å². The van der Waals surface area contributed by atoms with E-state index in [0.717, 1.165) is 50.8 Å². The molecule has 0 unspecified atom stereocenters. The van der Waals surface area contributed by atoms with Gasteiger partial charge in [-0.1, -0.05) is 50.3 Å². The fraction of sp³-hybridized carbons (Fsp3) is 0.552. The lowest BCUT2D eigenvalue weighted by Gasteiger charge is -2.47. The van der Waals surface area contributed by atoms with Gasteiger partial charge < -0.3 is 9.64 Å². The Labute approximate surface area is 213 Å². The molecule has 3 aliphatic rings. The molecule has 1 heterocycles. The van der Waals surface area contributed by atoms with Crippen LogP contribution in [0.2, 0.25) is 0 Å². The lowest BCUT2D eigenvalue weighted by atomic mass is 9.60. The third-order valence-corrected chi connectivity index (χ3v) is 8.57. The van der Waals surface area contributed by atoms with Crippen molar-refractivity contribution in [3.05, 3.63) is 59.2 Å². The molecule has 1 aromatic carbocycles. The molecule has 35 heavy (non-hydrogen) atoms. The highest BCUT2D eigenvalue weighted by Crippen LogP contribution is 2.50. The molecule has 6 heteroatoms. The zero-order valence-electron chi connectivity index (χ0n) is 21.0. The number of likely N-dealkylation sites (tertiary alicyclic amines) is 1. The van der Waals surface area contributed by atoms with E-state index in [1.807, 2.05) is 24.0 Å².